The smallest absolute Gasteiger partial charge is 0.407 e. The number of nitrogens with one attached hydrogen (secondary N) is 1. The van der Waals surface area contributed by atoms with Crippen LogP contribution in [0.25, 0.3) is 11.1 Å². The molecule has 0 aliphatic carbocycles. The summed E-state index contributed by atoms with van der Waals surface area (Å²) in [5, 5.41) is 2.98. The minimum absolute atomic E-state index is 0.0169. The molecule has 0 bridgehead atoms. The normalized spacial score (nSPS) is 18.0. The lowest BCUT2D eigenvalue weighted by Crippen LogP contribution is -2.45. The van der Waals surface area contributed by atoms with Crippen molar-refractivity contribution in [2.45, 2.75) is 52.3 Å². The van der Waals surface area contributed by atoms with Crippen LogP contribution in [0.3, 0.4) is 0 Å². The van der Waals surface area contributed by atoms with Gasteiger partial charge in [-0.1, -0.05) is 6.07 Å². The Hall–Kier alpha value is -3.09. The van der Waals surface area contributed by atoms with Gasteiger partial charge in [-0.05, 0) is 62.6 Å². The van der Waals surface area contributed by atoms with E-state index in [1.807, 2.05) is 76.3 Å². The van der Waals surface area contributed by atoms with Crippen LogP contribution in [-0.4, -0.2) is 43.2 Å². The number of amides is 2. The topological polar surface area (TPSA) is 74.8 Å². The number of nitrogens with zero attached hydrogens (tertiary/aromatic N) is 3. The standard InChI is InChI=1S/C23H30N4O3/c1-14(2)30-23(29)25-20-11-15(3)27(16(4)28)21-9-7-17(12-19(20)21)18-8-10-22(24-13-18)26(5)6/h7-10,12-15,20H,11H2,1-6H3,(H,25,29). The quantitative estimate of drug-likeness (QED) is 0.820. The zero-order valence-electron chi connectivity index (χ0n) is 18.5. The number of pyridine rings is 1. The van der Waals surface area contributed by atoms with Gasteiger partial charge >= 0.3 is 6.09 Å². The number of hydrogen-bond donors (Lipinski definition) is 1. The highest BCUT2D eigenvalue weighted by Gasteiger charge is 2.33. The van der Waals surface area contributed by atoms with Gasteiger partial charge in [0.2, 0.25) is 5.91 Å². The van der Waals surface area contributed by atoms with Gasteiger partial charge in [0.05, 0.1) is 12.1 Å². The fourth-order valence-corrected chi connectivity index (χ4v) is 3.87. The van der Waals surface area contributed by atoms with Gasteiger partial charge in [-0.3, -0.25) is 4.79 Å². The van der Waals surface area contributed by atoms with E-state index in [1.54, 1.807) is 11.8 Å². The van der Waals surface area contributed by atoms with Crippen LogP contribution >= 0.6 is 0 Å². The molecule has 2 amide bonds. The highest BCUT2D eigenvalue weighted by Crippen LogP contribution is 2.39. The third-order valence-corrected chi connectivity index (χ3v) is 5.19. The van der Waals surface area contributed by atoms with Crippen molar-refractivity contribution in [2.75, 3.05) is 23.9 Å². The zero-order chi connectivity index (χ0) is 22.0. The first-order valence-corrected chi connectivity index (χ1v) is 10.2. The van der Waals surface area contributed by atoms with Crippen molar-refractivity contribution >= 4 is 23.5 Å². The summed E-state index contributed by atoms with van der Waals surface area (Å²) in [5.41, 5.74) is 3.67. The molecule has 7 heteroatoms. The Morgan fingerprint density at radius 3 is 2.47 bits per heavy atom. The third-order valence-electron chi connectivity index (χ3n) is 5.19. The molecule has 7 nitrogen and oxygen atoms in total. The van der Waals surface area contributed by atoms with Gasteiger partial charge in [0.15, 0.2) is 0 Å². The van der Waals surface area contributed by atoms with Crippen molar-refractivity contribution < 1.29 is 14.3 Å². The first-order chi connectivity index (χ1) is 14.2. The van der Waals surface area contributed by atoms with Crippen LogP contribution in [-0.2, 0) is 9.53 Å². The molecule has 1 N–H and O–H groups in total. The maximum absolute atomic E-state index is 12.3. The van der Waals surface area contributed by atoms with Gasteiger partial charge in [-0.15, -0.1) is 0 Å². The van der Waals surface area contributed by atoms with Crippen molar-refractivity contribution in [3.8, 4) is 11.1 Å². The summed E-state index contributed by atoms with van der Waals surface area (Å²) in [6.45, 7) is 7.19. The number of anilines is 2. The molecule has 0 fully saturated rings. The number of benzene rings is 1. The number of alkyl carbamates (subject to hydrolysis) is 1. The van der Waals surface area contributed by atoms with E-state index in [4.69, 9.17) is 4.74 Å². The highest BCUT2D eigenvalue weighted by molar-refractivity contribution is 5.94. The van der Waals surface area contributed by atoms with Crippen LogP contribution in [0.2, 0.25) is 0 Å². The molecular formula is C23H30N4O3. The van der Waals surface area contributed by atoms with E-state index in [-0.39, 0.29) is 24.1 Å². The Balaban J connectivity index is 2.00. The van der Waals surface area contributed by atoms with E-state index >= 15 is 0 Å². The molecule has 0 spiro atoms. The minimum atomic E-state index is -0.452. The van der Waals surface area contributed by atoms with Gasteiger partial charge in [0.1, 0.15) is 5.82 Å². The van der Waals surface area contributed by atoms with E-state index < -0.39 is 6.09 Å². The molecule has 1 aromatic heterocycles. The van der Waals surface area contributed by atoms with Crippen molar-refractivity contribution in [1.29, 1.82) is 0 Å². The minimum Gasteiger partial charge on any atom is -0.447 e. The van der Waals surface area contributed by atoms with Crippen LogP contribution in [0.5, 0.6) is 0 Å². The van der Waals surface area contributed by atoms with Crippen LogP contribution < -0.4 is 15.1 Å². The summed E-state index contributed by atoms with van der Waals surface area (Å²) in [6, 6.07) is 9.68. The lowest BCUT2D eigenvalue weighted by molar-refractivity contribution is -0.117. The summed E-state index contributed by atoms with van der Waals surface area (Å²) in [6.07, 6.45) is 1.79. The summed E-state index contributed by atoms with van der Waals surface area (Å²) in [5.74, 6) is 0.862. The number of ether oxygens (including phenoxy) is 1. The van der Waals surface area contributed by atoms with Gasteiger partial charge in [0.25, 0.3) is 0 Å². The largest absolute Gasteiger partial charge is 0.447 e. The van der Waals surface area contributed by atoms with Crippen LogP contribution in [0.4, 0.5) is 16.3 Å². The summed E-state index contributed by atoms with van der Waals surface area (Å²) < 4.78 is 5.28. The van der Waals surface area contributed by atoms with Crippen LogP contribution in [0.1, 0.15) is 45.7 Å². The molecule has 1 aliphatic rings. The van der Waals surface area contributed by atoms with Gasteiger partial charge in [-0.2, -0.15) is 0 Å². The number of rotatable bonds is 4. The molecule has 160 valence electrons. The first kappa shape index (κ1) is 21.6. The predicted octanol–water partition coefficient (Wildman–Crippen LogP) is 4.14. The molecule has 0 saturated carbocycles. The molecule has 2 unspecified atom stereocenters. The van der Waals surface area contributed by atoms with E-state index in [9.17, 15) is 9.59 Å². The molecule has 0 radical (unpaired) electrons. The zero-order valence-corrected chi connectivity index (χ0v) is 18.5. The number of fused-ring (bicyclic) bond motifs is 1. The van der Waals surface area contributed by atoms with Gasteiger partial charge in [-0.25, -0.2) is 9.78 Å². The average Bonchev–Trinajstić information content (AvgIpc) is 2.66. The molecule has 0 saturated heterocycles. The van der Waals surface area contributed by atoms with Crippen LogP contribution in [0, 0.1) is 0 Å². The number of hydrogen-bond acceptors (Lipinski definition) is 5. The number of carbonyl (C=O) groups is 2. The molecular weight excluding hydrogens is 380 g/mol. The molecule has 3 rings (SSSR count). The molecule has 1 aromatic carbocycles. The highest BCUT2D eigenvalue weighted by atomic mass is 16.6. The molecule has 2 aromatic rings. The van der Waals surface area contributed by atoms with Crippen molar-refractivity contribution in [3.05, 3.63) is 42.1 Å². The third kappa shape index (κ3) is 4.56. The maximum Gasteiger partial charge on any atom is 0.407 e. The van der Waals surface area contributed by atoms with E-state index in [0.717, 1.165) is 28.2 Å². The fraction of sp³-hybridized carbons (Fsp3) is 0.435. The van der Waals surface area contributed by atoms with E-state index in [2.05, 4.69) is 10.3 Å². The second kappa shape index (κ2) is 8.73. The second-order valence-corrected chi connectivity index (χ2v) is 8.20. The molecule has 2 atom stereocenters. The van der Waals surface area contributed by atoms with E-state index in [1.165, 1.54) is 0 Å². The predicted molar refractivity (Wildman–Crippen MR) is 119 cm³/mol. The SMILES string of the molecule is CC(=O)N1c2ccc(-c3ccc(N(C)C)nc3)cc2C(NC(=O)OC(C)C)CC1C. The van der Waals surface area contributed by atoms with Gasteiger partial charge < -0.3 is 19.9 Å². The molecule has 30 heavy (non-hydrogen) atoms. The fourth-order valence-electron chi connectivity index (χ4n) is 3.87. The lowest BCUT2D eigenvalue weighted by atomic mass is 9.89. The Morgan fingerprint density at radius 2 is 1.90 bits per heavy atom. The van der Waals surface area contributed by atoms with E-state index in [0.29, 0.717) is 6.42 Å². The molecule has 2 heterocycles. The van der Waals surface area contributed by atoms with Crippen molar-refractivity contribution in [1.82, 2.24) is 10.3 Å². The Bertz CT molecular complexity index is 925. The Morgan fingerprint density at radius 1 is 1.20 bits per heavy atom. The first-order valence-electron chi connectivity index (χ1n) is 10.2. The molecule has 1 aliphatic heterocycles. The summed E-state index contributed by atoms with van der Waals surface area (Å²) >= 11 is 0. The van der Waals surface area contributed by atoms with Crippen molar-refractivity contribution in [2.24, 2.45) is 0 Å². The van der Waals surface area contributed by atoms with Crippen LogP contribution in [0.15, 0.2) is 36.5 Å². The summed E-state index contributed by atoms with van der Waals surface area (Å²) in [4.78, 5) is 32.8. The van der Waals surface area contributed by atoms with Crippen molar-refractivity contribution in [3.63, 3.8) is 0 Å². The Labute approximate surface area is 178 Å². The number of aromatic nitrogens is 1. The van der Waals surface area contributed by atoms with Gasteiger partial charge in [0, 0.05) is 44.5 Å². The maximum atomic E-state index is 12.3. The summed E-state index contributed by atoms with van der Waals surface area (Å²) in [7, 11) is 3.90. The monoisotopic (exact) mass is 410 g/mol. The Kier molecular flexibility index (Phi) is 6.29. The lowest BCUT2D eigenvalue weighted by Gasteiger charge is -2.39. The second-order valence-electron chi connectivity index (χ2n) is 8.20. The average molecular weight is 411 g/mol. The number of carbonyl (C=O) groups excluding carboxylic acids is 2.